The molecule has 4 nitrogen and oxygen atoms in total. The molecule has 94 valence electrons. The fraction of sp³-hybridized carbons (Fsp3) is 0.462. The minimum atomic E-state index is -0.446. The van der Waals surface area contributed by atoms with Gasteiger partial charge in [0.2, 0.25) is 5.91 Å². The van der Waals surface area contributed by atoms with Gasteiger partial charge in [0.15, 0.2) is 0 Å². The van der Waals surface area contributed by atoms with Crippen LogP contribution in [-0.2, 0) is 0 Å². The van der Waals surface area contributed by atoms with Crippen LogP contribution in [0.1, 0.15) is 36.5 Å². The van der Waals surface area contributed by atoms with E-state index in [0.717, 1.165) is 19.3 Å². The Morgan fingerprint density at radius 2 is 2.18 bits per heavy atom. The summed E-state index contributed by atoms with van der Waals surface area (Å²) in [4.78, 5) is 11.0. The van der Waals surface area contributed by atoms with E-state index in [1.165, 1.54) is 0 Å². The Morgan fingerprint density at radius 3 is 2.82 bits per heavy atom. The van der Waals surface area contributed by atoms with Gasteiger partial charge in [-0.25, -0.2) is 0 Å². The summed E-state index contributed by atoms with van der Waals surface area (Å²) >= 11 is 0. The van der Waals surface area contributed by atoms with Crippen LogP contribution in [0.25, 0.3) is 0 Å². The molecule has 0 saturated heterocycles. The van der Waals surface area contributed by atoms with Crippen LogP contribution in [0.3, 0.4) is 0 Å². The third-order valence-corrected chi connectivity index (χ3v) is 2.54. The van der Waals surface area contributed by atoms with E-state index in [-0.39, 0.29) is 6.04 Å². The monoisotopic (exact) mass is 236 g/mol. The number of carbonyl (C=O) groups is 1. The van der Waals surface area contributed by atoms with Gasteiger partial charge in [0.1, 0.15) is 5.75 Å². The third-order valence-electron chi connectivity index (χ3n) is 2.54. The predicted molar refractivity (Wildman–Crippen MR) is 68.0 cm³/mol. The molecule has 0 bridgehead atoms. The molecule has 4 heteroatoms. The third kappa shape index (κ3) is 4.87. The molecular weight excluding hydrogens is 216 g/mol. The first kappa shape index (κ1) is 13.5. The first-order valence-electron chi connectivity index (χ1n) is 5.91. The minimum Gasteiger partial charge on any atom is -0.494 e. The summed E-state index contributed by atoms with van der Waals surface area (Å²) in [7, 11) is 0. The summed E-state index contributed by atoms with van der Waals surface area (Å²) in [6, 6.07) is 7.05. The van der Waals surface area contributed by atoms with Gasteiger partial charge in [-0.1, -0.05) is 19.4 Å². The normalized spacial score (nSPS) is 12.1. The van der Waals surface area contributed by atoms with Gasteiger partial charge < -0.3 is 16.2 Å². The first-order chi connectivity index (χ1) is 8.13. The number of primary amides is 1. The molecule has 0 saturated carbocycles. The number of ether oxygens (including phenoxy) is 1. The lowest BCUT2D eigenvalue weighted by Gasteiger charge is -2.11. The summed E-state index contributed by atoms with van der Waals surface area (Å²) in [6.07, 6.45) is 2.90. The van der Waals surface area contributed by atoms with E-state index in [4.69, 9.17) is 16.2 Å². The molecule has 1 amide bonds. The quantitative estimate of drug-likeness (QED) is 0.756. The second kappa shape index (κ2) is 6.91. The molecular formula is C13H20N2O2. The average Bonchev–Trinajstić information content (AvgIpc) is 2.30. The topological polar surface area (TPSA) is 78.3 Å². The molecule has 1 atom stereocenters. The molecule has 4 N–H and O–H groups in total. The van der Waals surface area contributed by atoms with Crippen LogP contribution in [0.15, 0.2) is 24.3 Å². The fourth-order valence-corrected chi connectivity index (χ4v) is 1.58. The van der Waals surface area contributed by atoms with Crippen LogP contribution in [0.4, 0.5) is 0 Å². The SMILES string of the molecule is CCCC(N)CCOc1cccc(C(N)=O)c1. The molecule has 17 heavy (non-hydrogen) atoms. The van der Waals surface area contributed by atoms with Crippen molar-refractivity contribution in [3.05, 3.63) is 29.8 Å². The van der Waals surface area contributed by atoms with Crippen molar-refractivity contribution in [2.75, 3.05) is 6.61 Å². The van der Waals surface area contributed by atoms with Gasteiger partial charge in [0, 0.05) is 11.6 Å². The molecule has 0 aliphatic heterocycles. The second-order valence-electron chi connectivity index (χ2n) is 4.08. The molecule has 1 unspecified atom stereocenters. The molecule has 0 fully saturated rings. The van der Waals surface area contributed by atoms with Crippen molar-refractivity contribution >= 4 is 5.91 Å². The molecule has 0 aliphatic rings. The molecule has 0 radical (unpaired) electrons. The summed E-state index contributed by atoms with van der Waals surface area (Å²) in [6.45, 7) is 2.67. The van der Waals surface area contributed by atoms with E-state index in [1.807, 2.05) is 0 Å². The van der Waals surface area contributed by atoms with E-state index >= 15 is 0 Å². The van der Waals surface area contributed by atoms with Crippen molar-refractivity contribution in [1.82, 2.24) is 0 Å². The van der Waals surface area contributed by atoms with Crippen LogP contribution in [0, 0.1) is 0 Å². The standard InChI is InChI=1S/C13H20N2O2/c1-2-4-11(14)7-8-17-12-6-3-5-10(9-12)13(15)16/h3,5-6,9,11H,2,4,7-8,14H2,1H3,(H2,15,16). The van der Waals surface area contributed by atoms with E-state index < -0.39 is 5.91 Å². The van der Waals surface area contributed by atoms with Gasteiger partial charge >= 0.3 is 0 Å². The molecule has 1 aromatic rings. The van der Waals surface area contributed by atoms with Crippen LogP contribution in [0.5, 0.6) is 5.75 Å². The number of hydrogen-bond donors (Lipinski definition) is 2. The Hall–Kier alpha value is -1.55. The van der Waals surface area contributed by atoms with Crippen molar-refractivity contribution in [2.24, 2.45) is 11.5 Å². The van der Waals surface area contributed by atoms with E-state index in [2.05, 4.69) is 6.92 Å². The molecule has 0 aliphatic carbocycles. The van der Waals surface area contributed by atoms with Gasteiger partial charge in [-0.15, -0.1) is 0 Å². The van der Waals surface area contributed by atoms with Crippen molar-refractivity contribution in [2.45, 2.75) is 32.2 Å². The molecule has 0 aromatic heterocycles. The van der Waals surface area contributed by atoms with Crippen molar-refractivity contribution in [3.63, 3.8) is 0 Å². The highest BCUT2D eigenvalue weighted by molar-refractivity contribution is 5.93. The van der Waals surface area contributed by atoms with Crippen molar-refractivity contribution < 1.29 is 9.53 Å². The predicted octanol–water partition coefficient (Wildman–Crippen LogP) is 1.68. The van der Waals surface area contributed by atoms with Crippen molar-refractivity contribution in [3.8, 4) is 5.75 Å². The molecule has 1 aromatic carbocycles. The highest BCUT2D eigenvalue weighted by Gasteiger charge is 2.04. The van der Waals surface area contributed by atoms with Gasteiger partial charge in [-0.2, -0.15) is 0 Å². The average molecular weight is 236 g/mol. The number of rotatable bonds is 7. The Bertz CT molecular complexity index is 366. The number of hydrogen-bond acceptors (Lipinski definition) is 3. The largest absolute Gasteiger partial charge is 0.494 e. The minimum absolute atomic E-state index is 0.180. The Labute approximate surface area is 102 Å². The Balaban J connectivity index is 2.41. The summed E-state index contributed by atoms with van der Waals surface area (Å²) in [5.41, 5.74) is 11.5. The number of nitrogens with two attached hydrogens (primary N) is 2. The van der Waals surface area contributed by atoms with Gasteiger partial charge in [0.05, 0.1) is 6.61 Å². The van der Waals surface area contributed by atoms with Crippen LogP contribution in [0.2, 0.25) is 0 Å². The fourth-order valence-electron chi connectivity index (χ4n) is 1.58. The zero-order valence-corrected chi connectivity index (χ0v) is 10.2. The highest BCUT2D eigenvalue weighted by atomic mass is 16.5. The molecule has 1 rings (SSSR count). The van der Waals surface area contributed by atoms with Crippen LogP contribution in [-0.4, -0.2) is 18.6 Å². The van der Waals surface area contributed by atoms with Crippen LogP contribution < -0.4 is 16.2 Å². The maximum Gasteiger partial charge on any atom is 0.248 e. The lowest BCUT2D eigenvalue weighted by atomic mass is 10.1. The maximum atomic E-state index is 11.0. The van der Waals surface area contributed by atoms with E-state index in [9.17, 15) is 4.79 Å². The smallest absolute Gasteiger partial charge is 0.248 e. The number of amides is 1. The molecule has 0 spiro atoms. The van der Waals surface area contributed by atoms with Crippen LogP contribution >= 0.6 is 0 Å². The second-order valence-corrected chi connectivity index (χ2v) is 4.08. The van der Waals surface area contributed by atoms with Gasteiger partial charge in [-0.3, -0.25) is 4.79 Å². The van der Waals surface area contributed by atoms with Gasteiger partial charge in [-0.05, 0) is 31.0 Å². The first-order valence-corrected chi connectivity index (χ1v) is 5.91. The zero-order chi connectivity index (χ0) is 12.7. The number of benzene rings is 1. The zero-order valence-electron chi connectivity index (χ0n) is 10.2. The highest BCUT2D eigenvalue weighted by Crippen LogP contribution is 2.13. The number of carbonyl (C=O) groups excluding carboxylic acids is 1. The maximum absolute atomic E-state index is 11.0. The summed E-state index contributed by atoms with van der Waals surface area (Å²) < 4.78 is 5.53. The van der Waals surface area contributed by atoms with Gasteiger partial charge in [0.25, 0.3) is 0 Å². The van der Waals surface area contributed by atoms with Crippen molar-refractivity contribution in [1.29, 1.82) is 0 Å². The lowest BCUT2D eigenvalue weighted by molar-refractivity contribution is 0.1000. The van der Waals surface area contributed by atoms with E-state index in [0.29, 0.717) is 17.9 Å². The lowest BCUT2D eigenvalue weighted by Crippen LogP contribution is -2.22. The van der Waals surface area contributed by atoms with E-state index in [1.54, 1.807) is 24.3 Å². The Kier molecular flexibility index (Phi) is 5.49. The summed E-state index contributed by atoms with van der Waals surface area (Å²) in [5, 5.41) is 0. The molecule has 0 heterocycles. The summed E-state index contributed by atoms with van der Waals surface area (Å²) in [5.74, 6) is 0.211. The Morgan fingerprint density at radius 1 is 1.41 bits per heavy atom.